The van der Waals surface area contributed by atoms with Crippen LogP contribution in [-0.2, 0) is 19.1 Å². The molecule has 1 aromatic rings. The van der Waals surface area contributed by atoms with E-state index in [0.29, 0.717) is 5.02 Å². The first-order valence-electron chi connectivity index (χ1n) is 7.63. The summed E-state index contributed by atoms with van der Waals surface area (Å²) in [6, 6.07) is 6.26. The molecule has 7 heteroatoms. The van der Waals surface area contributed by atoms with Crippen LogP contribution in [0.1, 0.15) is 38.8 Å². The summed E-state index contributed by atoms with van der Waals surface area (Å²) in [5.74, 6) is -0.976. The normalized spacial score (nSPS) is 11.8. The molecular formula is C17H23ClN2O4. The van der Waals surface area contributed by atoms with Gasteiger partial charge >= 0.3 is 5.97 Å². The molecule has 0 aliphatic carbocycles. The van der Waals surface area contributed by atoms with E-state index in [4.69, 9.17) is 11.6 Å². The van der Waals surface area contributed by atoms with E-state index in [1.807, 2.05) is 13.8 Å². The van der Waals surface area contributed by atoms with Gasteiger partial charge in [0, 0.05) is 18.0 Å². The Morgan fingerprint density at radius 1 is 1.21 bits per heavy atom. The van der Waals surface area contributed by atoms with Crippen LogP contribution in [0.3, 0.4) is 0 Å². The maximum Gasteiger partial charge on any atom is 0.325 e. The Bertz CT molecular complexity index is 587. The predicted molar refractivity (Wildman–Crippen MR) is 91.5 cm³/mol. The van der Waals surface area contributed by atoms with Gasteiger partial charge in [-0.15, -0.1) is 0 Å². The van der Waals surface area contributed by atoms with Gasteiger partial charge in [0.1, 0.15) is 6.54 Å². The van der Waals surface area contributed by atoms with Crippen LogP contribution in [0.2, 0.25) is 5.02 Å². The van der Waals surface area contributed by atoms with E-state index < -0.39 is 12.0 Å². The maximum atomic E-state index is 12.6. The standard InChI is InChI=1S/C17H23ClN2O4/c1-11(2)20(10-17(23)24-4)16(22)9-15(19-12(3)21)13-5-7-14(18)8-6-13/h5-8,11,15H,9-10H2,1-4H3,(H,19,21). The molecule has 1 N–H and O–H groups in total. The number of carbonyl (C=O) groups excluding carboxylic acids is 3. The van der Waals surface area contributed by atoms with Crippen molar-refractivity contribution < 1.29 is 19.1 Å². The van der Waals surface area contributed by atoms with E-state index in [-0.39, 0.29) is 30.8 Å². The highest BCUT2D eigenvalue weighted by Gasteiger charge is 2.25. The third kappa shape index (κ3) is 6.20. The molecule has 0 aliphatic rings. The van der Waals surface area contributed by atoms with Crippen molar-refractivity contribution in [2.45, 2.75) is 39.3 Å². The first-order valence-corrected chi connectivity index (χ1v) is 8.01. The third-order valence-corrected chi connectivity index (χ3v) is 3.75. The lowest BCUT2D eigenvalue weighted by Gasteiger charge is -2.28. The molecule has 0 heterocycles. The molecule has 132 valence electrons. The lowest BCUT2D eigenvalue weighted by atomic mass is 10.0. The molecule has 1 atom stereocenters. The maximum absolute atomic E-state index is 12.6. The molecule has 0 fully saturated rings. The van der Waals surface area contributed by atoms with Crippen molar-refractivity contribution in [2.75, 3.05) is 13.7 Å². The molecule has 1 aromatic carbocycles. The van der Waals surface area contributed by atoms with Crippen molar-refractivity contribution >= 4 is 29.4 Å². The Balaban J connectivity index is 2.94. The van der Waals surface area contributed by atoms with Gasteiger partial charge in [0.25, 0.3) is 0 Å². The highest BCUT2D eigenvalue weighted by atomic mass is 35.5. The number of methoxy groups -OCH3 is 1. The van der Waals surface area contributed by atoms with Gasteiger partial charge in [-0.1, -0.05) is 23.7 Å². The van der Waals surface area contributed by atoms with Crippen LogP contribution in [0, 0.1) is 0 Å². The van der Waals surface area contributed by atoms with Crippen LogP contribution in [-0.4, -0.2) is 42.4 Å². The third-order valence-electron chi connectivity index (χ3n) is 3.50. The number of amides is 2. The van der Waals surface area contributed by atoms with Gasteiger partial charge in [0.05, 0.1) is 19.6 Å². The summed E-state index contributed by atoms with van der Waals surface area (Å²) >= 11 is 5.88. The minimum atomic E-state index is -0.494. The zero-order chi connectivity index (χ0) is 18.3. The summed E-state index contributed by atoms with van der Waals surface area (Å²) in [5.41, 5.74) is 0.768. The van der Waals surface area contributed by atoms with Crippen LogP contribution in [0.4, 0.5) is 0 Å². The Morgan fingerprint density at radius 3 is 2.25 bits per heavy atom. The van der Waals surface area contributed by atoms with E-state index in [0.717, 1.165) is 5.56 Å². The number of nitrogens with zero attached hydrogens (tertiary/aromatic N) is 1. The molecule has 0 aliphatic heterocycles. The SMILES string of the molecule is COC(=O)CN(C(=O)CC(NC(C)=O)c1ccc(Cl)cc1)C(C)C. The Morgan fingerprint density at radius 2 is 1.79 bits per heavy atom. The van der Waals surface area contributed by atoms with Crippen molar-refractivity contribution in [3.8, 4) is 0 Å². The Kier molecular flexibility index (Phi) is 7.71. The largest absolute Gasteiger partial charge is 0.468 e. The fourth-order valence-corrected chi connectivity index (χ4v) is 2.37. The van der Waals surface area contributed by atoms with E-state index >= 15 is 0 Å². The quantitative estimate of drug-likeness (QED) is 0.762. The van der Waals surface area contributed by atoms with Crippen molar-refractivity contribution in [1.82, 2.24) is 10.2 Å². The summed E-state index contributed by atoms with van der Waals surface area (Å²) in [7, 11) is 1.28. The number of carbonyl (C=O) groups is 3. The number of rotatable bonds is 7. The molecule has 1 rings (SSSR count). The molecule has 0 saturated heterocycles. The van der Waals surface area contributed by atoms with Gasteiger partial charge in [0.15, 0.2) is 0 Å². The average Bonchev–Trinajstić information content (AvgIpc) is 2.51. The van der Waals surface area contributed by atoms with E-state index in [1.54, 1.807) is 24.3 Å². The molecule has 0 aromatic heterocycles. The van der Waals surface area contributed by atoms with E-state index in [1.165, 1.54) is 18.9 Å². The van der Waals surface area contributed by atoms with Crippen LogP contribution in [0.15, 0.2) is 24.3 Å². The molecule has 0 saturated carbocycles. The molecule has 0 spiro atoms. The summed E-state index contributed by atoms with van der Waals surface area (Å²) < 4.78 is 4.63. The van der Waals surface area contributed by atoms with Gasteiger partial charge in [-0.05, 0) is 31.5 Å². The Hall–Kier alpha value is -2.08. The number of nitrogens with one attached hydrogen (secondary N) is 1. The number of hydrogen-bond donors (Lipinski definition) is 1. The van der Waals surface area contributed by atoms with Gasteiger partial charge in [-0.3, -0.25) is 14.4 Å². The predicted octanol–water partition coefficient (Wildman–Crippen LogP) is 2.32. The van der Waals surface area contributed by atoms with E-state index in [9.17, 15) is 14.4 Å². The summed E-state index contributed by atoms with van der Waals surface area (Å²) in [6.07, 6.45) is 0.0381. The van der Waals surface area contributed by atoms with Crippen LogP contribution in [0.5, 0.6) is 0 Å². The van der Waals surface area contributed by atoms with Crippen LogP contribution in [0.25, 0.3) is 0 Å². The number of hydrogen-bond acceptors (Lipinski definition) is 4. The van der Waals surface area contributed by atoms with Gasteiger partial charge in [-0.25, -0.2) is 0 Å². The highest BCUT2D eigenvalue weighted by molar-refractivity contribution is 6.30. The van der Waals surface area contributed by atoms with Crippen molar-refractivity contribution in [3.63, 3.8) is 0 Å². The van der Waals surface area contributed by atoms with Gasteiger partial charge in [0.2, 0.25) is 11.8 Å². The van der Waals surface area contributed by atoms with E-state index in [2.05, 4.69) is 10.1 Å². The fourth-order valence-electron chi connectivity index (χ4n) is 2.25. The Labute approximate surface area is 147 Å². The van der Waals surface area contributed by atoms with Crippen molar-refractivity contribution in [2.24, 2.45) is 0 Å². The zero-order valence-corrected chi connectivity index (χ0v) is 15.1. The lowest BCUT2D eigenvalue weighted by molar-refractivity contribution is -0.148. The lowest BCUT2D eigenvalue weighted by Crippen LogP contribution is -2.43. The molecule has 0 bridgehead atoms. The number of benzene rings is 1. The monoisotopic (exact) mass is 354 g/mol. The molecule has 0 radical (unpaired) electrons. The molecule has 1 unspecified atom stereocenters. The highest BCUT2D eigenvalue weighted by Crippen LogP contribution is 2.21. The topological polar surface area (TPSA) is 75.7 Å². The summed E-state index contributed by atoms with van der Waals surface area (Å²) in [6.45, 7) is 4.90. The smallest absolute Gasteiger partial charge is 0.325 e. The number of ether oxygens (including phenoxy) is 1. The summed E-state index contributed by atoms with van der Waals surface area (Å²) in [4.78, 5) is 37.0. The first-order chi connectivity index (χ1) is 11.2. The van der Waals surface area contributed by atoms with Crippen molar-refractivity contribution in [3.05, 3.63) is 34.9 Å². The number of esters is 1. The summed E-state index contributed by atoms with van der Waals surface area (Å²) in [5, 5.41) is 3.33. The fraction of sp³-hybridized carbons (Fsp3) is 0.471. The average molecular weight is 355 g/mol. The second-order valence-corrected chi connectivity index (χ2v) is 6.14. The first kappa shape index (κ1) is 20.0. The second kappa shape index (κ2) is 9.27. The molecule has 2 amide bonds. The molecule has 24 heavy (non-hydrogen) atoms. The van der Waals surface area contributed by atoms with Crippen molar-refractivity contribution in [1.29, 1.82) is 0 Å². The van der Waals surface area contributed by atoms with Gasteiger partial charge < -0.3 is 15.0 Å². The number of halogens is 1. The molecular weight excluding hydrogens is 332 g/mol. The molecule has 6 nitrogen and oxygen atoms in total. The zero-order valence-electron chi connectivity index (χ0n) is 14.3. The minimum Gasteiger partial charge on any atom is -0.468 e. The van der Waals surface area contributed by atoms with Gasteiger partial charge in [-0.2, -0.15) is 0 Å². The van der Waals surface area contributed by atoms with Crippen LogP contribution < -0.4 is 5.32 Å². The van der Waals surface area contributed by atoms with Crippen LogP contribution >= 0.6 is 11.6 Å². The minimum absolute atomic E-state index is 0.0381. The second-order valence-electron chi connectivity index (χ2n) is 5.70.